The van der Waals surface area contributed by atoms with Crippen LogP contribution in [0.25, 0.3) is 0 Å². The molecule has 1 aromatic rings. The lowest BCUT2D eigenvalue weighted by Crippen LogP contribution is -2.30. The molecule has 2 rings (SSSR count). The predicted octanol–water partition coefficient (Wildman–Crippen LogP) is 3.63. The third-order valence-corrected chi connectivity index (χ3v) is 4.16. The van der Waals surface area contributed by atoms with Crippen molar-refractivity contribution in [1.82, 2.24) is 5.32 Å². The molecule has 1 fully saturated rings. The Morgan fingerprint density at radius 3 is 2.74 bits per heavy atom. The number of benzene rings is 1. The largest absolute Gasteiger partial charge is 0.504 e. The fraction of sp³-hybridized carbons (Fsp3) is 0.625. The van der Waals surface area contributed by atoms with Crippen LogP contribution in [0.2, 0.25) is 0 Å². The fourth-order valence-corrected chi connectivity index (χ4v) is 2.99. The second-order valence-electron chi connectivity index (χ2n) is 6.42. The van der Waals surface area contributed by atoms with Gasteiger partial charge in [-0.1, -0.05) is 19.9 Å². The molecular weight excluding hydrogens is 238 g/mol. The normalized spacial score (nSPS) is 23.3. The van der Waals surface area contributed by atoms with Gasteiger partial charge in [0.1, 0.15) is 0 Å². The van der Waals surface area contributed by atoms with Crippen molar-refractivity contribution in [2.24, 2.45) is 5.41 Å². The first-order valence-corrected chi connectivity index (χ1v) is 7.04. The number of hydrogen-bond donors (Lipinski definition) is 2. The number of phenols is 1. The van der Waals surface area contributed by atoms with Gasteiger partial charge in [-0.05, 0) is 49.3 Å². The molecule has 3 heteroatoms. The lowest BCUT2D eigenvalue weighted by molar-refractivity contribution is 0.354. The second kappa shape index (κ2) is 5.41. The summed E-state index contributed by atoms with van der Waals surface area (Å²) in [5.74, 6) is 0.735. The van der Waals surface area contributed by atoms with Crippen molar-refractivity contribution in [3.63, 3.8) is 0 Å². The SMILES string of the molecule is COc1cc(C(C)NC2CCC(C)(C)C2)ccc1O. The predicted molar refractivity (Wildman–Crippen MR) is 77.6 cm³/mol. The fourth-order valence-electron chi connectivity index (χ4n) is 2.99. The zero-order valence-electron chi connectivity index (χ0n) is 12.4. The number of hydrogen-bond acceptors (Lipinski definition) is 3. The van der Waals surface area contributed by atoms with E-state index in [1.165, 1.54) is 19.3 Å². The first kappa shape index (κ1) is 14.2. The summed E-state index contributed by atoms with van der Waals surface area (Å²) in [5, 5.41) is 13.3. The van der Waals surface area contributed by atoms with Crippen molar-refractivity contribution < 1.29 is 9.84 Å². The highest BCUT2D eigenvalue weighted by atomic mass is 16.5. The van der Waals surface area contributed by atoms with Crippen LogP contribution in [-0.4, -0.2) is 18.3 Å². The van der Waals surface area contributed by atoms with Gasteiger partial charge in [-0.15, -0.1) is 0 Å². The molecule has 2 N–H and O–H groups in total. The minimum Gasteiger partial charge on any atom is -0.504 e. The van der Waals surface area contributed by atoms with Crippen LogP contribution in [0, 0.1) is 5.41 Å². The Bertz CT molecular complexity index is 442. The summed E-state index contributed by atoms with van der Waals surface area (Å²) in [6, 6.07) is 6.42. The van der Waals surface area contributed by atoms with Crippen LogP contribution in [0.1, 0.15) is 51.6 Å². The minimum absolute atomic E-state index is 0.195. The zero-order valence-corrected chi connectivity index (χ0v) is 12.4. The zero-order chi connectivity index (χ0) is 14.0. The number of nitrogens with one attached hydrogen (secondary N) is 1. The van der Waals surface area contributed by atoms with E-state index >= 15 is 0 Å². The summed E-state index contributed by atoms with van der Waals surface area (Å²) in [7, 11) is 1.58. The molecular formula is C16H25NO2. The molecule has 1 aliphatic rings. The van der Waals surface area contributed by atoms with Gasteiger partial charge in [-0.25, -0.2) is 0 Å². The molecule has 1 aromatic carbocycles. The van der Waals surface area contributed by atoms with E-state index in [0.717, 1.165) is 5.56 Å². The number of methoxy groups -OCH3 is 1. The molecule has 0 radical (unpaired) electrons. The average molecular weight is 263 g/mol. The molecule has 2 unspecified atom stereocenters. The van der Waals surface area contributed by atoms with Crippen molar-refractivity contribution >= 4 is 0 Å². The Kier molecular flexibility index (Phi) is 4.04. The molecule has 0 amide bonds. The summed E-state index contributed by atoms with van der Waals surface area (Å²) in [4.78, 5) is 0. The molecule has 0 saturated heterocycles. The van der Waals surface area contributed by atoms with Crippen LogP contribution in [0.4, 0.5) is 0 Å². The van der Waals surface area contributed by atoms with Gasteiger partial charge in [0.25, 0.3) is 0 Å². The highest BCUT2D eigenvalue weighted by Crippen LogP contribution is 2.38. The molecule has 1 aliphatic carbocycles. The van der Waals surface area contributed by atoms with E-state index in [-0.39, 0.29) is 11.8 Å². The molecule has 1 saturated carbocycles. The Balaban J connectivity index is 2.02. The van der Waals surface area contributed by atoms with E-state index in [1.54, 1.807) is 13.2 Å². The Morgan fingerprint density at radius 1 is 1.42 bits per heavy atom. The maximum Gasteiger partial charge on any atom is 0.160 e. The first-order valence-electron chi connectivity index (χ1n) is 7.04. The van der Waals surface area contributed by atoms with Gasteiger partial charge >= 0.3 is 0 Å². The van der Waals surface area contributed by atoms with Gasteiger partial charge in [0.15, 0.2) is 11.5 Å². The number of ether oxygens (including phenoxy) is 1. The lowest BCUT2D eigenvalue weighted by Gasteiger charge is -2.22. The molecule has 3 nitrogen and oxygen atoms in total. The summed E-state index contributed by atoms with van der Waals surface area (Å²) in [6.45, 7) is 6.84. The van der Waals surface area contributed by atoms with Crippen molar-refractivity contribution in [3.05, 3.63) is 23.8 Å². The van der Waals surface area contributed by atoms with Crippen LogP contribution in [-0.2, 0) is 0 Å². The van der Waals surface area contributed by atoms with Gasteiger partial charge in [-0.2, -0.15) is 0 Å². The van der Waals surface area contributed by atoms with Crippen molar-refractivity contribution in [2.45, 2.75) is 52.1 Å². The summed E-state index contributed by atoms with van der Waals surface area (Å²) < 4.78 is 5.16. The quantitative estimate of drug-likeness (QED) is 0.871. The van der Waals surface area contributed by atoms with E-state index < -0.39 is 0 Å². The summed E-state index contributed by atoms with van der Waals surface area (Å²) in [5.41, 5.74) is 1.61. The number of rotatable bonds is 4. The smallest absolute Gasteiger partial charge is 0.160 e. The molecule has 106 valence electrons. The summed E-state index contributed by atoms with van der Waals surface area (Å²) in [6.07, 6.45) is 3.76. The Hall–Kier alpha value is -1.22. The highest BCUT2D eigenvalue weighted by Gasteiger charge is 2.31. The Morgan fingerprint density at radius 2 is 2.16 bits per heavy atom. The van der Waals surface area contributed by atoms with Gasteiger partial charge in [0, 0.05) is 12.1 Å². The van der Waals surface area contributed by atoms with Crippen LogP contribution >= 0.6 is 0 Å². The topological polar surface area (TPSA) is 41.5 Å². The van der Waals surface area contributed by atoms with Gasteiger partial charge < -0.3 is 15.2 Å². The van der Waals surface area contributed by atoms with Gasteiger partial charge in [0.2, 0.25) is 0 Å². The molecule has 0 bridgehead atoms. The molecule has 0 aliphatic heterocycles. The standard InChI is InChI=1S/C16H25NO2/c1-11(17-13-7-8-16(2,3)10-13)12-5-6-14(18)15(9-12)19-4/h5-6,9,11,13,17-18H,7-8,10H2,1-4H3. The number of aromatic hydroxyl groups is 1. The maximum absolute atomic E-state index is 9.62. The first-order chi connectivity index (χ1) is 8.91. The lowest BCUT2D eigenvalue weighted by atomic mass is 9.91. The molecule has 2 atom stereocenters. The average Bonchev–Trinajstić information content (AvgIpc) is 2.69. The van der Waals surface area contributed by atoms with Crippen molar-refractivity contribution in [3.8, 4) is 11.5 Å². The summed E-state index contributed by atoms with van der Waals surface area (Å²) >= 11 is 0. The van der Waals surface area contributed by atoms with Crippen LogP contribution in [0.15, 0.2) is 18.2 Å². The van der Waals surface area contributed by atoms with Crippen molar-refractivity contribution in [1.29, 1.82) is 0 Å². The molecule has 19 heavy (non-hydrogen) atoms. The molecule has 0 heterocycles. The molecule has 0 aromatic heterocycles. The Labute approximate surface area is 116 Å². The minimum atomic E-state index is 0.195. The third-order valence-electron chi connectivity index (χ3n) is 4.16. The van der Waals surface area contributed by atoms with Gasteiger partial charge in [-0.3, -0.25) is 0 Å². The van der Waals surface area contributed by atoms with Gasteiger partial charge in [0.05, 0.1) is 7.11 Å². The highest BCUT2D eigenvalue weighted by molar-refractivity contribution is 5.42. The van der Waals surface area contributed by atoms with Crippen LogP contribution < -0.4 is 10.1 Å². The van der Waals surface area contributed by atoms with Crippen LogP contribution in [0.5, 0.6) is 11.5 Å². The van der Waals surface area contributed by atoms with E-state index in [1.807, 2.05) is 12.1 Å². The number of phenolic OH excluding ortho intramolecular Hbond substituents is 1. The third kappa shape index (κ3) is 3.41. The van der Waals surface area contributed by atoms with Crippen molar-refractivity contribution in [2.75, 3.05) is 7.11 Å². The second-order valence-corrected chi connectivity index (χ2v) is 6.42. The van der Waals surface area contributed by atoms with E-state index in [9.17, 15) is 5.11 Å². The monoisotopic (exact) mass is 263 g/mol. The van der Waals surface area contributed by atoms with E-state index in [0.29, 0.717) is 17.2 Å². The van der Waals surface area contributed by atoms with Crippen LogP contribution in [0.3, 0.4) is 0 Å². The maximum atomic E-state index is 9.62. The van der Waals surface area contributed by atoms with E-state index in [4.69, 9.17) is 4.74 Å². The van der Waals surface area contributed by atoms with E-state index in [2.05, 4.69) is 26.1 Å². The molecule has 0 spiro atoms.